The standard InChI is InChI=1S/C24H36N4O3/c1-18(2)16-27-13-9-24(10-14-27)22(29)28(23(30)25-24)20-7-11-26(12-8-20)17-19-5-4-6-21(15-19)31-3/h4-6,15,18,20H,7-14,16-17H2,1-3H3,(H,25,30). The van der Waals surface area contributed by atoms with Crippen LogP contribution in [0.3, 0.4) is 0 Å². The molecule has 170 valence electrons. The minimum atomic E-state index is -0.678. The molecule has 0 bridgehead atoms. The lowest BCUT2D eigenvalue weighted by molar-refractivity contribution is -0.135. The van der Waals surface area contributed by atoms with Gasteiger partial charge in [0.2, 0.25) is 0 Å². The second-order valence-corrected chi connectivity index (χ2v) is 9.74. The predicted molar refractivity (Wildman–Crippen MR) is 120 cm³/mol. The molecule has 0 unspecified atom stereocenters. The number of imide groups is 1. The maximum absolute atomic E-state index is 13.4. The first-order valence-electron chi connectivity index (χ1n) is 11.6. The van der Waals surface area contributed by atoms with Crippen LogP contribution in [-0.2, 0) is 11.3 Å². The summed E-state index contributed by atoms with van der Waals surface area (Å²) in [5.41, 5.74) is 0.544. The van der Waals surface area contributed by atoms with Gasteiger partial charge in [0.25, 0.3) is 5.91 Å². The number of benzene rings is 1. The number of nitrogens with zero attached hydrogens (tertiary/aromatic N) is 3. The largest absolute Gasteiger partial charge is 0.497 e. The van der Waals surface area contributed by atoms with Gasteiger partial charge >= 0.3 is 6.03 Å². The van der Waals surface area contributed by atoms with E-state index in [1.54, 1.807) is 12.0 Å². The molecule has 0 aliphatic carbocycles. The molecular formula is C24H36N4O3. The Morgan fingerprint density at radius 1 is 1.10 bits per heavy atom. The third-order valence-electron chi connectivity index (χ3n) is 6.99. The molecule has 1 N–H and O–H groups in total. The molecule has 1 aromatic rings. The Labute approximate surface area is 185 Å². The van der Waals surface area contributed by atoms with E-state index in [1.165, 1.54) is 5.56 Å². The van der Waals surface area contributed by atoms with Gasteiger partial charge in [0.15, 0.2) is 0 Å². The minimum absolute atomic E-state index is 0.00197. The summed E-state index contributed by atoms with van der Waals surface area (Å²) in [6.45, 7) is 9.86. The summed E-state index contributed by atoms with van der Waals surface area (Å²) in [6.07, 6.45) is 3.10. The van der Waals surface area contributed by atoms with Crippen LogP contribution in [0.5, 0.6) is 5.75 Å². The van der Waals surface area contributed by atoms with Crippen LogP contribution >= 0.6 is 0 Å². The van der Waals surface area contributed by atoms with Gasteiger partial charge in [0, 0.05) is 45.3 Å². The number of methoxy groups -OCH3 is 1. The number of amides is 3. The molecule has 3 fully saturated rings. The van der Waals surface area contributed by atoms with Crippen LogP contribution in [0.2, 0.25) is 0 Å². The Morgan fingerprint density at radius 2 is 1.81 bits per heavy atom. The fraction of sp³-hybridized carbons (Fsp3) is 0.667. The van der Waals surface area contributed by atoms with Gasteiger partial charge in [0.05, 0.1) is 7.11 Å². The number of hydrogen-bond donors (Lipinski definition) is 1. The van der Waals surface area contributed by atoms with E-state index in [1.807, 2.05) is 12.1 Å². The predicted octanol–water partition coefficient (Wildman–Crippen LogP) is 2.70. The van der Waals surface area contributed by atoms with Gasteiger partial charge in [-0.25, -0.2) is 4.79 Å². The summed E-state index contributed by atoms with van der Waals surface area (Å²) in [5, 5.41) is 3.09. The number of piperidine rings is 2. The molecule has 3 saturated heterocycles. The van der Waals surface area contributed by atoms with Crippen LogP contribution < -0.4 is 10.1 Å². The van der Waals surface area contributed by atoms with Crippen LogP contribution in [0.4, 0.5) is 4.79 Å². The van der Waals surface area contributed by atoms with Gasteiger partial charge < -0.3 is 15.0 Å². The van der Waals surface area contributed by atoms with Gasteiger partial charge in [-0.1, -0.05) is 26.0 Å². The molecular weight excluding hydrogens is 392 g/mol. The minimum Gasteiger partial charge on any atom is -0.497 e. The fourth-order valence-electron chi connectivity index (χ4n) is 5.31. The quantitative estimate of drug-likeness (QED) is 0.706. The van der Waals surface area contributed by atoms with E-state index in [4.69, 9.17) is 4.74 Å². The Kier molecular flexibility index (Phi) is 6.53. The summed E-state index contributed by atoms with van der Waals surface area (Å²) in [7, 11) is 1.68. The third kappa shape index (κ3) is 4.72. The first-order chi connectivity index (χ1) is 14.9. The van der Waals surface area contributed by atoms with Crippen LogP contribution in [-0.4, -0.2) is 78.1 Å². The first kappa shape index (κ1) is 22.1. The molecule has 4 rings (SSSR count). The molecule has 3 heterocycles. The molecule has 0 atom stereocenters. The van der Waals surface area contributed by atoms with Crippen molar-refractivity contribution >= 4 is 11.9 Å². The smallest absolute Gasteiger partial charge is 0.325 e. The van der Waals surface area contributed by atoms with E-state index >= 15 is 0 Å². The van der Waals surface area contributed by atoms with Crippen molar-refractivity contribution < 1.29 is 14.3 Å². The molecule has 1 aromatic carbocycles. The number of urea groups is 1. The molecule has 1 spiro atoms. The second-order valence-electron chi connectivity index (χ2n) is 9.74. The zero-order valence-electron chi connectivity index (χ0n) is 19.1. The summed E-state index contributed by atoms with van der Waals surface area (Å²) >= 11 is 0. The maximum Gasteiger partial charge on any atom is 0.325 e. The lowest BCUT2D eigenvalue weighted by atomic mass is 9.86. The van der Waals surface area contributed by atoms with Crippen molar-refractivity contribution in [1.29, 1.82) is 0 Å². The molecule has 3 amide bonds. The summed E-state index contributed by atoms with van der Waals surface area (Å²) < 4.78 is 5.32. The van der Waals surface area contributed by atoms with E-state index < -0.39 is 5.54 Å². The van der Waals surface area contributed by atoms with E-state index in [0.717, 1.165) is 70.7 Å². The highest BCUT2D eigenvalue weighted by molar-refractivity contribution is 6.07. The summed E-state index contributed by atoms with van der Waals surface area (Å²) in [6, 6.07) is 7.97. The molecule has 7 nitrogen and oxygen atoms in total. The third-order valence-corrected chi connectivity index (χ3v) is 6.99. The van der Waals surface area contributed by atoms with Gasteiger partial charge in [-0.3, -0.25) is 14.6 Å². The molecule has 0 radical (unpaired) electrons. The lowest BCUT2D eigenvalue weighted by Crippen LogP contribution is -2.56. The number of ether oxygens (including phenoxy) is 1. The van der Waals surface area contributed by atoms with Gasteiger partial charge in [-0.2, -0.15) is 0 Å². The molecule has 0 saturated carbocycles. The van der Waals surface area contributed by atoms with Crippen LogP contribution in [0.1, 0.15) is 45.1 Å². The molecule has 3 aliphatic heterocycles. The van der Waals surface area contributed by atoms with Crippen molar-refractivity contribution in [1.82, 2.24) is 20.0 Å². The van der Waals surface area contributed by atoms with Gasteiger partial charge in [-0.05, 0) is 49.3 Å². The fourth-order valence-corrected chi connectivity index (χ4v) is 5.31. The van der Waals surface area contributed by atoms with E-state index in [9.17, 15) is 9.59 Å². The monoisotopic (exact) mass is 428 g/mol. The molecule has 3 aliphatic rings. The maximum atomic E-state index is 13.4. The topological polar surface area (TPSA) is 65.1 Å². The zero-order chi connectivity index (χ0) is 22.0. The normalized spacial score (nSPS) is 23.0. The zero-order valence-corrected chi connectivity index (χ0v) is 19.1. The number of likely N-dealkylation sites (tertiary alicyclic amines) is 2. The van der Waals surface area contributed by atoms with Gasteiger partial charge in [-0.15, -0.1) is 0 Å². The van der Waals surface area contributed by atoms with E-state index in [0.29, 0.717) is 5.92 Å². The van der Waals surface area contributed by atoms with Crippen LogP contribution in [0.25, 0.3) is 0 Å². The Balaban J connectivity index is 1.32. The number of nitrogens with one attached hydrogen (secondary N) is 1. The number of carbonyl (C=O) groups is 2. The average molecular weight is 429 g/mol. The van der Waals surface area contributed by atoms with Crippen molar-refractivity contribution in [3.63, 3.8) is 0 Å². The molecule has 7 heteroatoms. The van der Waals surface area contributed by atoms with Crippen LogP contribution in [0.15, 0.2) is 24.3 Å². The Hall–Kier alpha value is -2.12. The number of rotatable bonds is 6. The Morgan fingerprint density at radius 3 is 2.45 bits per heavy atom. The number of carbonyl (C=O) groups excluding carboxylic acids is 2. The highest BCUT2D eigenvalue weighted by atomic mass is 16.5. The van der Waals surface area contributed by atoms with Crippen molar-refractivity contribution in [2.45, 2.75) is 57.7 Å². The molecule has 0 aromatic heterocycles. The summed E-state index contributed by atoms with van der Waals surface area (Å²) in [5.74, 6) is 1.49. The Bertz CT molecular complexity index is 796. The van der Waals surface area contributed by atoms with Crippen molar-refractivity contribution in [3.8, 4) is 5.75 Å². The van der Waals surface area contributed by atoms with Crippen molar-refractivity contribution in [2.75, 3.05) is 39.8 Å². The van der Waals surface area contributed by atoms with Crippen LogP contribution in [0, 0.1) is 5.92 Å². The summed E-state index contributed by atoms with van der Waals surface area (Å²) in [4.78, 5) is 32.5. The molecule has 31 heavy (non-hydrogen) atoms. The van der Waals surface area contributed by atoms with E-state index in [2.05, 4.69) is 41.1 Å². The SMILES string of the molecule is COc1cccc(CN2CCC(N3C(=O)NC4(CCN(CC(C)C)CC4)C3=O)CC2)c1. The second kappa shape index (κ2) is 9.17. The van der Waals surface area contributed by atoms with Gasteiger partial charge in [0.1, 0.15) is 11.3 Å². The van der Waals surface area contributed by atoms with Crippen molar-refractivity contribution in [3.05, 3.63) is 29.8 Å². The van der Waals surface area contributed by atoms with Crippen molar-refractivity contribution in [2.24, 2.45) is 5.92 Å². The lowest BCUT2D eigenvalue weighted by Gasteiger charge is -2.39. The average Bonchev–Trinajstić information content (AvgIpc) is 3.00. The number of hydrogen-bond acceptors (Lipinski definition) is 5. The highest BCUT2D eigenvalue weighted by Crippen LogP contribution is 2.33. The first-order valence-corrected chi connectivity index (χ1v) is 11.6. The highest BCUT2D eigenvalue weighted by Gasteiger charge is 2.54. The van der Waals surface area contributed by atoms with E-state index in [-0.39, 0.29) is 18.0 Å².